The van der Waals surface area contributed by atoms with Gasteiger partial charge in [0.25, 0.3) is 0 Å². The molecule has 2 aromatic rings. The molecule has 0 spiro atoms. The van der Waals surface area contributed by atoms with Gasteiger partial charge in [-0.05, 0) is 35.9 Å². The van der Waals surface area contributed by atoms with E-state index in [0.29, 0.717) is 26.4 Å². The highest BCUT2D eigenvalue weighted by molar-refractivity contribution is 7.99. The lowest BCUT2D eigenvalue weighted by Crippen LogP contribution is -2.02. The highest BCUT2D eigenvalue weighted by Crippen LogP contribution is 2.24. The zero-order chi connectivity index (χ0) is 14.5. The molecule has 0 amide bonds. The van der Waals surface area contributed by atoms with E-state index < -0.39 is 0 Å². The molecule has 1 nitrogen and oxygen atoms in total. The van der Waals surface area contributed by atoms with Gasteiger partial charge in [-0.3, -0.25) is 4.79 Å². The molecule has 0 radical (unpaired) electrons. The van der Waals surface area contributed by atoms with Gasteiger partial charge in [-0.2, -0.15) is 0 Å². The van der Waals surface area contributed by atoms with Crippen molar-refractivity contribution in [2.24, 2.45) is 0 Å². The molecule has 0 atom stereocenters. The first-order valence-electron chi connectivity index (χ1n) is 5.86. The van der Waals surface area contributed by atoms with E-state index >= 15 is 0 Å². The highest BCUT2D eigenvalue weighted by Gasteiger charge is 2.08. The summed E-state index contributed by atoms with van der Waals surface area (Å²) in [6.45, 7) is 0. The van der Waals surface area contributed by atoms with Crippen LogP contribution in [0.15, 0.2) is 42.5 Å². The summed E-state index contributed by atoms with van der Waals surface area (Å²) in [4.78, 5) is 12.0. The minimum atomic E-state index is 0.0440. The molecule has 20 heavy (non-hydrogen) atoms. The van der Waals surface area contributed by atoms with Gasteiger partial charge < -0.3 is 0 Å². The lowest BCUT2D eigenvalue weighted by Gasteiger charge is -2.04. The lowest BCUT2D eigenvalue weighted by atomic mass is 10.1. The molecule has 0 aliphatic rings. The molecular weight excluding hydrogens is 335 g/mol. The maximum absolute atomic E-state index is 12.0. The number of halogens is 3. The normalized spacial score (nSPS) is 10.6. The van der Waals surface area contributed by atoms with E-state index in [1.54, 1.807) is 30.0 Å². The van der Waals surface area contributed by atoms with Crippen molar-refractivity contribution in [1.29, 1.82) is 0 Å². The van der Waals surface area contributed by atoms with Crippen LogP contribution in [0.1, 0.15) is 15.9 Å². The van der Waals surface area contributed by atoms with Gasteiger partial charge in [0.1, 0.15) is 0 Å². The quantitative estimate of drug-likeness (QED) is 0.640. The monoisotopic (exact) mass is 344 g/mol. The minimum absolute atomic E-state index is 0.0440. The summed E-state index contributed by atoms with van der Waals surface area (Å²) < 4.78 is 0. The Labute approximate surface area is 137 Å². The standard InChI is InChI=1S/C15H11Cl3OS/c16-12-4-1-10(2-5-12)8-20-9-15(19)11-3-6-13(17)14(18)7-11/h1-7H,8-9H2. The van der Waals surface area contributed by atoms with Gasteiger partial charge in [-0.15, -0.1) is 11.8 Å². The molecule has 0 saturated heterocycles. The Morgan fingerprint density at radius 3 is 2.30 bits per heavy atom. The number of carbonyl (C=O) groups is 1. The number of benzene rings is 2. The van der Waals surface area contributed by atoms with Gasteiger partial charge in [-0.25, -0.2) is 0 Å². The topological polar surface area (TPSA) is 17.1 Å². The van der Waals surface area contributed by atoms with Crippen molar-refractivity contribution in [2.45, 2.75) is 5.75 Å². The number of thioether (sulfide) groups is 1. The van der Waals surface area contributed by atoms with E-state index in [1.807, 2.05) is 24.3 Å². The van der Waals surface area contributed by atoms with Gasteiger partial charge >= 0.3 is 0 Å². The maximum atomic E-state index is 12.0. The summed E-state index contributed by atoms with van der Waals surface area (Å²) in [5.74, 6) is 1.22. The Balaban J connectivity index is 1.88. The second kappa shape index (κ2) is 7.37. The third kappa shape index (κ3) is 4.42. The molecule has 0 aromatic heterocycles. The second-order valence-electron chi connectivity index (χ2n) is 4.17. The Kier molecular flexibility index (Phi) is 5.79. The summed E-state index contributed by atoms with van der Waals surface area (Å²) in [5.41, 5.74) is 1.73. The van der Waals surface area contributed by atoms with Gasteiger partial charge in [0, 0.05) is 16.3 Å². The third-order valence-corrected chi connectivity index (χ3v) is 4.65. The average molecular weight is 346 g/mol. The largest absolute Gasteiger partial charge is 0.293 e. The molecule has 0 heterocycles. The zero-order valence-corrected chi connectivity index (χ0v) is 13.5. The SMILES string of the molecule is O=C(CSCc1ccc(Cl)cc1)c1ccc(Cl)c(Cl)c1. The number of hydrogen-bond donors (Lipinski definition) is 0. The Bertz CT molecular complexity index is 611. The molecule has 0 aliphatic heterocycles. The molecule has 0 aliphatic carbocycles. The fourth-order valence-electron chi connectivity index (χ4n) is 1.60. The number of rotatable bonds is 5. The highest BCUT2D eigenvalue weighted by atomic mass is 35.5. The molecule has 0 bridgehead atoms. The Hall–Kier alpha value is -0.670. The van der Waals surface area contributed by atoms with Gasteiger partial charge in [0.05, 0.1) is 15.8 Å². The van der Waals surface area contributed by atoms with Crippen molar-refractivity contribution in [3.8, 4) is 0 Å². The van der Waals surface area contributed by atoms with Gasteiger partial charge in [0.2, 0.25) is 0 Å². The van der Waals surface area contributed by atoms with Crippen molar-refractivity contribution >= 4 is 52.3 Å². The first-order valence-corrected chi connectivity index (χ1v) is 8.15. The Morgan fingerprint density at radius 1 is 0.950 bits per heavy atom. The van der Waals surface area contributed by atoms with E-state index in [4.69, 9.17) is 34.8 Å². The molecule has 2 rings (SSSR count). The van der Waals surface area contributed by atoms with Crippen LogP contribution in [0.2, 0.25) is 15.1 Å². The molecular formula is C15H11Cl3OS. The van der Waals surface area contributed by atoms with Crippen LogP contribution in [0, 0.1) is 0 Å². The summed E-state index contributed by atoms with van der Waals surface area (Å²) in [6, 6.07) is 12.5. The van der Waals surface area contributed by atoms with Gasteiger partial charge in [-0.1, -0.05) is 46.9 Å². The predicted molar refractivity (Wildman–Crippen MR) is 88.4 cm³/mol. The summed E-state index contributed by atoms with van der Waals surface area (Å²) >= 11 is 19.1. The first-order chi connectivity index (χ1) is 9.56. The van der Waals surface area contributed by atoms with Crippen molar-refractivity contribution in [3.63, 3.8) is 0 Å². The smallest absolute Gasteiger partial charge is 0.172 e. The summed E-state index contributed by atoms with van der Waals surface area (Å²) in [7, 11) is 0. The lowest BCUT2D eigenvalue weighted by molar-refractivity contribution is 0.102. The van der Waals surface area contributed by atoms with E-state index in [0.717, 1.165) is 11.3 Å². The zero-order valence-electron chi connectivity index (χ0n) is 10.4. The predicted octanol–water partition coefficient (Wildman–Crippen LogP) is 5.76. The van der Waals surface area contributed by atoms with Crippen LogP contribution in [-0.2, 0) is 5.75 Å². The Morgan fingerprint density at radius 2 is 1.65 bits per heavy atom. The van der Waals surface area contributed by atoms with Crippen LogP contribution in [-0.4, -0.2) is 11.5 Å². The fraction of sp³-hybridized carbons (Fsp3) is 0.133. The molecule has 0 N–H and O–H groups in total. The van der Waals surface area contributed by atoms with Crippen molar-refractivity contribution < 1.29 is 4.79 Å². The van der Waals surface area contributed by atoms with Crippen LogP contribution in [0.3, 0.4) is 0 Å². The third-order valence-electron chi connectivity index (χ3n) is 2.66. The van der Waals surface area contributed by atoms with Crippen LogP contribution >= 0.6 is 46.6 Å². The maximum Gasteiger partial charge on any atom is 0.172 e. The first kappa shape index (κ1) is 15.7. The second-order valence-corrected chi connectivity index (χ2v) is 6.41. The number of hydrogen-bond acceptors (Lipinski definition) is 2. The van der Waals surface area contributed by atoms with E-state index in [9.17, 15) is 4.79 Å². The van der Waals surface area contributed by atoms with Gasteiger partial charge in [0.15, 0.2) is 5.78 Å². The van der Waals surface area contributed by atoms with Crippen LogP contribution < -0.4 is 0 Å². The van der Waals surface area contributed by atoms with Crippen molar-refractivity contribution in [3.05, 3.63) is 68.7 Å². The van der Waals surface area contributed by atoms with Crippen LogP contribution in [0.5, 0.6) is 0 Å². The molecule has 0 unspecified atom stereocenters. The number of ketones is 1. The molecule has 0 saturated carbocycles. The number of Topliss-reactive ketones (excluding diaryl/α,β-unsaturated/α-hetero) is 1. The summed E-state index contributed by atoms with van der Waals surface area (Å²) in [5, 5.41) is 1.57. The molecule has 104 valence electrons. The fourth-order valence-corrected chi connectivity index (χ4v) is 2.90. The summed E-state index contributed by atoms with van der Waals surface area (Å²) in [6.07, 6.45) is 0. The molecule has 0 fully saturated rings. The van der Waals surface area contributed by atoms with E-state index in [-0.39, 0.29) is 5.78 Å². The number of carbonyl (C=O) groups excluding carboxylic acids is 1. The minimum Gasteiger partial charge on any atom is -0.293 e. The molecule has 5 heteroatoms. The average Bonchev–Trinajstić information content (AvgIpc) is 2.44. The van der Waals surface area contributed by atoms with Crippen LogP contribution in [0.25, 0.3) is 0 Å². The molecule has 2 aromatic carbocycles. The van der Waals surface area contributed by atoms with E-state index in [1.165, 1.54) is 0 Å². The van der Waals surface area contributed by atoms with Crippen molar-refractivity contribution in [1.82, 2.24) is 0 Å². The van der Waals surface area contributed by atoms with E-state index in [2.05, 4.69) is 0 Å². The van der Waals surface area contributed by atoms with Crippen LogP contribution in [0.4, 0.5) is 0 Å². The van der Waals surface area contributed by atoms with Crippen molar-refractivity contribution in [2.75, 3.05) is 5.75 Å².